The summed E-state index contributed by atoms with van der Waals surface area (Å²) >= 11 is 5.94. The normalized spacial score (nSPS) is 12.7. The highest BCUT2D eigenvalue weighted by molar-refractivity contribution is 6.34. The lowest BCUT2D eigenvalue weighted by Gasteiger charge is -2.25. The van der Waals surface area contributed by atoms with Crippen LogP contribution in [0.4, 0.5) is 5.69 Å². The van der Waals surface area contributed by atoms with Gasteiger partial charge in [0.05, 0.1) is 16.6 Å². The molecule has 20 heavy (non-hydrogen) atoms. The zero-order chi connectivity index (χ0) is 15.5. The minimum atomic E-state index is -0.651. The van der Waals surface area contributed by atoms with Gasteiger partial charge in [0.2, 0.25) is 5.91 Å². The van der Waals surface area contributed by atoms with Crippen molar-refractivity contribution in [1.29, 1.82) is 0 Å². The Morgan fingerprint density at radius 2 is 1.90 bits per heavy atom. The van der Waals surface area contributed by atoms with Crippen LogP contribution in [-0.2, 0) is 4.79 Å². The molecule has 6 heteroatoms. The Kier molecular flexibility index (Phi) is 5.14. The molecule has 0 aromatic heterocycles. The number of hydrogen-bond donors (Lipinski definition) is 3. The largest absolute Gasteiger partial charge is 0.355 e. The lowest BCUT2D eigenvalue weighted by atomic mass is 9.87. The lowest BCUT2D eigenvalue weighted by Crippen LogP contribution is -2.45. The van der Waals surface area contributed by atoms with E-state index in [0.29, 0.717) is 16.3 Å². The molecule has 4 N–H and O–H groups in total. The molecule has 0 saturated heterocycles. The van der Waals surface area contributed by atoms with E-state index < -0.39 is 6.04 Å². The number of nitrogens with two attached hydrogens (primary N) is 1. The number of rotatable bonds is 3. The fourth-order valence-electron chi connectivity index (χ4n) is 1.52. The van der Waals surface area contributed by atoms with E-state index >= 15 is 0 Å². The van der Waals surface area contributed by atoms with Gasteiger partial charge in [-0.25, -0.2) is 0 Å². The zero-order valence-electron chi connectivity index (χ0n) is 12.1. The van der Waals surface area contributed by atoms with Crippen LogP contribution in [-0.4, -0.2) is 24.9 Å². The van der Waals surface area contributed by atoms with E-state index in [1.807, 2.05) is 20.8 Å². The van der Waals surface area contributed by atoms with Gasteiger partial charge in [-0.15, -0.1) is 0 Å². The van der Waals surface area contributed by atoms with E-state index in [-0.39, 0.29) is 17.2 Å². The second-order valence-corrected chi connectivity index (χ2v) is 6.01. The van der Waals surface area contributed by atoms with Gasteiger partial charge in [-0.2, -0.15) is 0 Å². The Morgan fingerprint density at radius 1 is 1.30 bits per heavy atom. The van der Waals surface area contributed by atoms with Crippen LogP contribution in [0.5, 0.6) is 0 Å². The van der Waals surface area contributed by atoms with E-state index in [9.17, 15) is 9.59 Å². The van der Waals surface area contributed by atoms with E-state index in [1.54, 1.807) is 12.1 Å². The molecule has 0 radical (unpaired) electrons. The Hall–Kier alpha value is -1.59. The molecule has 0 heterocycles. The predicted molar refractivity (Wildman–Crippen MR) is 80.9 cm³/mol. The molecule has 0 aliphatic rings. The van der Waals surface area contributed by atoms with Crippen molar-refractivity contribution in [3.63, 3.8) is 0 Å². The molecule has 0 aliphatic carbocycles. The zero-order valence-corrected chi connectivity index (χ0v) is 12.8. The van der Waals surface area contributed by atoms with Crippen LogP contribution in [0.1, 0.15) is 31.1 Å². The fourth-order valence-corrected chi connectivity index (χ4v) is 1.73. The number of carbonyl (C=O) groups is 2. The first-order valence-corrected chi connectivity index (χ1v) is 6.62. The Morgan fingerprint density at radius 3 is 2.40 bits per heavy atom. The Labute approximate surface area is 123 Å². The van der Waals surface area contributed by atoms with Crippen LogP contribution in [0.3, 0.4) is 0 Å². The van der Waals surface area contributed by atoms with Crippen molar-refractivity contribution >= 4 is 29.1 Å². The smallest absolute Gasteiger partial charge is 0.252 e. The number of anilines is 1. The first-order valence-electron chi connectivity index (χ1n) is 6.25. The highest BCUT2D eigenvalue weighted by Crippen LogP contribution is 2.22. The summed E-state index contributed by atoms with van der Waals surface area (Å²) in [6.07, 6.45) is 0. The van der Waals surface area contributed by atoms with Crippen LogP contribution in [0, 0.1) is 5.41 Å². The molecule has 0 saturated carbocycles. The average molecular weight is 298 g/mol. The quantitative estimate of drug-likeness (QED) is 0.798. The summed E-state index contributed by atoms with van der Waals surface area (Å²) in [5, 5.41) is 5.50. The Balaban J connectivity index is 2.94. The average Bonchev–Trinajstić information content (AvgIpc) is 2.38. The molecule has 1 rings (SSSR count). The maximum atomic E-state index is 12.0. The molecular formula is C14H20ClN3O2. The monoisotopic (exact) mass is 297 g/mol. The van der Waals surface area contributed by atoms with Crippen molar-refractivity contribution in [3.8, 4) is 0 Å². The van der Waals surface area contributed by atoms with E-state index in [0.717, 1.165) is 0 Å². The maximum absolute atomic E-state index is 12.0. The summed E-state index contributed by atoms with van der Waals surface area (Å²) in [5.41, 5.74) is 6.32. The molecule has 1 atom stereocenters. The summed E-state index contributed by atoms with van der Waals surface area (Å²) < 4.78 is 0. The third-order valence-corrected chi connectivity index (χ3v) is 3.25. The molecule has 1 aromatic carbocycles. The highest BCUT2D eigenvalue weighted by atomic mass is 35.5. The number of halogens is 1. The van der Waals surface area contributed by atoms with Gasteiger partial charge < -0.3 is 16.4 Å². The van der Waals surface area contributed by atoms with E-state index in [1.165, 1.54) is 13.1 Å². The fraction of sp³-hybridized carbons (Fsp3) is 0.429. The summed E-state index contributed by atoms with van der Waals surface area (Å²) in [5.74, 6) is -0.617. The maximum Gasteiger partial charge on any atom is 0.252 e. The number of benzene rings is 1. The number of amides is 2. The second kappa shape index (κ2) is 6.24. The van der Waals surface area contributed by atoms with Gasteiger partial charge in [0.25, 0.3) is 5.91 Å². The summed E-state index contributed by atoms with van der Waals surface area (Å²) in [6.45, 7) is 5.65. The van der Waals surface area contributed by atoms with Crippen molar-refractivity contribution in [2.45, 2.75) is 26.8 Å². The lowest BCUT2D eigenvalue weighted by molar-refractivity contribution is -0.119. The summed E-state index contributed by atoms with van der Waals surface area (Å²) in [6, 6.07) is 4.06. The van der Waals surface area contributed by atoms with Gasteiger partial charge in [0.1, 0.15) is 0 Å². The van der Waals surface area contributed by atoms with Crippen molar-refractivity contribution in [3.05, 3.63) is 28.8 Å². The topological polar surface area (TPSA) is 84.2 Å². The van der Waals surface area contributed by atoms with Crippen molar-refractivity contribution in [1.82, 2.24) is 5.32 Å². The number of carbonyl (C=O) groups excluding carboxylic acids is 2. The van der Waals surface area contributed by atoms with E-state index in [2.05, 4.69) is 10.6 Å². The van der Waals surface area contributed by atoms with Gasteiger partial charge in [-0.3, -0.25) is 9.59 Å². The van der Waals surface area contributed by atoms with Crippen LogP contribution in [0.25, 0.3) is 0 Å². The van der Waals surface area contributed by atoms with Gasteiger partial charge in [0, 0.05) is 12.7 Å². The molecule has 0 fully saturated rings. The predicted octanol–water partition coefficient (Wildman–Crippen LogP) is 2.01. The third kappa shape index (κ3) is 3.95. The standard InChI is InChI=1S/C14H20ClN3O2/c1-14(2,3)11(16)13(20)18-8-5-6-10(15)9(7-8)12(19)17-4/h5-7,11H,16H2,1-4H3,(H,17,19)(H,18,20). The molecular weight excluding hydrogens is 278 g/mol. The molecule has 2 amide bonds. The minimum absolute atomic E-state index is 0.302. The molecule has 0 bridgehead atoms. The Bertz CT molecular complexity index is 524. The first kappa shape index (κ1) is 16.5. The third-order valence-electron chi connectivity index (χ3n) is 2.92. The van der Waals surface area contributed by atoms with Crippen molar-refractivity contribution < 1.29 is 9.59 Å². The van der Waals surface area contributed by atoms with Gasteiger partial charge in [-0.05, 0) is 23.6 Å². The van der Waals surface area contributed by atoms with Gasteiger partial charge >= 0.3 is 0 Å². The number of hydrogen-bond acceptors (Lipinski definition) is 3. The second-order valence-electron chi connectivity index (χ2n) is 5.61. The molecule has 5 nitrogen and oxygen atoms in total. The number of nitrogens with one attached hydrogen (secondary N) is 2. The van der Waals surface area contributed by atoms with Crippen LogP contribution < -0.4 is 16.4 Å². The summed E-state index contributed by atoms with van der Waals surface area (Å²) in [7, 11) is 1.51. The van der Waals surface area contributed by atoms with Gasteiger partial charge in [-0.1, -0.05) is 32.4 Å². The van der Waals surface area contributed by atoms with Crippen LogP contribution in [0.2, 0.25) is 5.02 Å². The van der Waals surface area contributed by atoms with Crippen molar-refractivity contribution in [2.75, 3.05) is 12.4 Å². The van der Waals surface area contributed by atoms with Crippen LogP contribution >= 0.6 is 11.6 Å². The molecule has 1 aromatic rings. The molecule has 110 valence electrons. The first-order chi connectivity index (χ1) is 9.16. The van der Waals surface area contributed by atoms with E-state index in [4.69, 9.17) is 17.3 Å². The van der Waals surface area contributed by atoms with Crippen molar-refractivity contribution in [2.24, 2.45) is 11.1 Å². The molecule has 1 unspecified atom stereocenters. The minimum Gasteiger partial charge on any atom is -0.355 e. The SMILES string of the molecule is CNC(=O)c1cc(NC(=O)C(N)C(C)(C)C)ccc1Cl. The molecule has 0 spiro atoms. The molecule has 0 aliphatic heterocycles. The van der Waals surface area contributed by atoms with Gasteiger partial charge in [0.15, 0.2) is 0 Å². The summed E-state index contributed by atoms with van der Waals surface area (Å²) in [4.78, 5) is 23.7. The highest BCUT2D eigenvalue weighted by Gasteiger charge is 2.27. The van der Waals surface area contributed by atoms with Crippen LogP contribution in [0.15, 0.2) is 18.2 Å².